The van der Waals surface area contributed by atoms with E-state index in [2.05, 4.69) is 11.2 Å². The maximum absolute atomic E-state index is 5.32. The fraction of sp³-hybridized carbons (Fsp3) is 0.800. The van der Waals surface area contributed by atoms with Crippen molar-refractivity contribution in [2.75, 3.05) is 19.8 Å². The van der Waals surface area contributed by atoms with Crippen LogP contribution in [-0.2, 0) is 9.47 Å². The lowest BCUT2D eigenvalue weighted by molar-refractivity contribution is -0.133. The summed E-state index contributed by atoms with van der Waals surface area (Å²) in [6.07, 6.45) is 5.02. The molecule has 0 fully saturated rings. The molecule has 1 atom stereocenters. The molecule has 0 aromatic carbocycles. The zero-order valence-corrected chi connectivity index (χ0v) is 8.67. The summed E-state index contributed by atoms with van der Waals surface area (Å²) >= 11 is 0. The van der Waals surface area contributed by atoms with Gasteiger partial charge >= 0.3 is 0 Å². The molecule has 1 N–H and O–H groups in total. The van der Waals surface area contributed by atoms with Gasteiger partial charge in [0.1, 0.15) is 0 Å². The van der Waals surface area contributed by atoms with Crippen LogP contribution in [0.1, 0.15) is 20.8 Å². The Balaban J connectivity index is 3.62. The predicted molar refractivity (Wildman–Crippen MR) is 53.3 cm³/mol. The van der Waals surface area contributed by atoms with E-state index in [1.54, 1.807) is 0 Å². The second-order valence-corrected chi connectivity index (χ2v) is 2.64. The zero-order chi connectivity index (χ0) is 10.1. The van der Waals surface area contributed by atoms with Gasteiger partial charge in [0.05, 0.1) is 6.04 Å². The molecule has 0 aromatic rings. The van der Waals surface area contributed by atoms with Crippen LogP contribution in [0.5, 0.6) is 0 Å². The SMILES string of the molecule is C#CC(C)NCC(OCC)OCC. The van der Waals surface area contributed by atoms with E-state index in [4.69, 9.17) is 15.9 Å². The Bertz CT molecular complexity index is 147. The van der Waals surface area contributed by atoms with Crippen LogP contribution in [0, 0.1) is 12.3 Å². The molecule has 3 heteroatoms. The first-order valence-corrected chi connectivity index (χ1v) is 4.67. The van der Waals surface area contributed by atoms with Crippen LogP contribution in [0.15, 0.2) is 0 Å². The lowest BCUT2D eigenvalue weighted by Crippen LogP contribution is -2.36. The predicted octanol–water partition coefficient (Wildman–Crippen LogP) is 0.997. The van der Waals surface area contributed by atoms with Gasteiger partial charge in [-0.1, -0.05) is 5.92 Å². The number of ether oxygens (including phenoxy) is 2. The van der Waals surface area contributed by atoms with Crippen LogP contribution in [0.25, 0.3) is 0 Å². The van der Waals surface area contributed by atoms with Gasteiger partial charge in [-0.3, -0.25) is 5.32 Å². The fourth-order valence-corrected chi connectivity index (χ4v) is 0.870. The third-order valence-electron chi connectivity index (χ3n) is 1.55. The highest BCUT2D eigenvalue weighted by Crippen LogP contribution is 1.93. The molecule has 0 radical (unpaired) electrons. The lowest BCUT2D eigenvalue weighted by Gasteiger charge is -2.18. The molecule has 0 bridgehead atoms. The van der Waals surface area contributed by atoms with Crippen molar-refractivity contribution >= 4 is 0 Å². The topological polar surface area (TPSA) is 30.5 Å². The molecule has 0 aromatic heterocycles. The van der Waals surface area contributed by atoms with Crippen molar-refractivity contribution < 1.29 is 9.47 Å². The van der Waals surface area contributed by atoms with E-state index in [1.165, 1.54) is 0 Å². The molecule has 0 saturated heterocycles. The summed E-state index contributed by atoms with van der Waals surface area (Å²) in [7, 11) is 0. The molecule has 13 heavy (non-hydrogen) atoms. The van der Waals surface area contributed by atoms with Gasteiger partial charge in [0.15, 0.2) is 6.29 Å². The quantitative estimate of drug-likeness (QED) is 0.474. The first-order valence-electron chi connectivity index (χ1n) is 4.67. The second-order valence-electron chi connectivity index (χ2n) is 2.64. The Morgan fingerprint density at radius 2 is 1.85 bits per heavy atom. The highest BCUT2D eigenvalue weighted by atomic mass is 16.7. The average molecular weight is 185 g/mol. The highest BCUT2D eigenvalue weighted by Gasteiger charge is 2.07. The standard InChI is InChI=1S/C10H19NO2/c1-5-9(4)11-8-10(12-6-2)13-7-3/h1,9-11H,6-8H2,2-4H3. The smallest absolute Gasteiger partial charge is 0.169 e. The van der Waals surface area contributed by atoms with Crippen LogP contribution in [0.2, 0.25) is 0 Å². The summed E-state index contributed by atoms with van der Waals surface area (Å²) in [6.45, 7) is 7.74. The van der Waals surface area contributed by atoms with Crippen molar-refractivity contribution in [1.29, 1.82) is 0 Å². The maximum atomic E-state index is 5.32. The van der Waals surface area contributed by atoms with E-state index in [-0.39, 0.29) is 12.3 Å². The minimum Gasteiger partial charge on any atom is -0.352 e. The molecule has 3 nitrogen and oxygen atoms in total. The molecule has 1 unspecified atom stereocenters. The second kappa shape index (κ2) is 8.06. The molecule has 0 heterocycles. The van der Waals surface area contributed by atoms with Crippen molar-refractivity contribution in [2.24, 2.45) is 0 Å². The summed E-state index contributed by atoms with van der Waals surface area (Å²) in [5.41, 5.74) is 0. The van der Waals surface area contributed by atoms with Gasteiger partial charge < -0.3 is 9.47 Å². The average Bonchev–Trinajstić information content (AvgIpc) is 2.14. The number of hydrogen-bond acceptors (Lipinski definition) is 3. The van der Waals surface area contributed by atoms with Crippen LogP contribution in [0.4, 0.5) is 0 Å². The largest absolute Gasteiger partial charge is 0.352 e. The molecule has 0 aliphatic rings. The summed E-state index contributed by atoms with van der Waals surface area (Å²) in [5.74, 6) is 2.58. The molecule has 0 rings (SSSR count). The first-order chi connectivity index (χ1) is 6.24. The molecular weight excluding hydrogens is 166 g/mol. The maximum Gasteiger partial charge on any atom is 0.169 e. The van der Waals surface area contributed by atoms with Crippen LogP contribution in [-0.4, -0.2) is 32.1 Å². The van der Waals surface area contributed by atoms with Gasteiger partial charge in [-0.05, 0) is 20.8 Å². The van der Waals surface area contributed by atoms with Crippen LogP contribution in [0.3, 0.4) is 0 Å². The summed E-state index contributed by atoms with van der Waals surface area (Å²) in [5, 5.41) is 3.12. The van der Waals surface area contributed by atoms with E-state index in [0.29, 0.717) is 19.8 Å². The van der Waals surface area contributed by atoms with Crippen LogP contribution >= 0.6 is 0 Å². The van der Waals surface area contributed by atoms with E-state index in [0.717, 1.165) is 0 Å². The molecule has 0 aliphatic carbocycles. The Labute approximate surface area is 80.8 Å². The van der Waals surface area contributed by atoms with E-state index >= 15 is 0 Å². The summed E-state index contributed by atoms with van der Waals surface area (Å²) in [4.78, 5) is 0. The van der Waals surface area contributed by atoms with Gasteiger partial charge in [-0.15, -0.1) is 6.42 Å². The molecular formula is C10H19NO2. The normalized spacial score (nSPS) is 12.8. The Morgan fingerprint density at radius 1 is 1.31 bits per heavy atom. The molecule has 76 valence electrons. The lowest BCUT2D eigenvalue weighted by atomic mass is 10.3. The summed E-state index contributed by atoms with van der Waals surface area (Å²) in [6, 6.07) is 0.0587. The number of terminal acetylenes is 1. The van der Waals surface area contributed by atoms with Gasteiger partial charge in [0, 0.05) is 19.8 Å². The molecule has 0 saturated carbocycles. The van der Waals surface area contributed by atoms with Gasteiger partial charge in [0.25, 0.3) is 0 Å². The zero-order valence-electron chi connectivity index (χ0n) is 8.67. The van der Waals surface area contributed by atoms with Gasteiger partial charge in [-0.25, -0.2) is 0 Å². The number of rotatable bonds is 7. The Hall–Kier alpha value is -0.560. The van der Waals surface area contributed by atoms with Crippen molar-refractivity contribution in [1.82, 2.24) is 5.32 Å². The number of hydrogen-bond donors (Lipinski definition) is 1. The van der Waals surface area contributed by atoms with E-state index in [9.17, 15) is 0 Å². The van der Waals surface area contributed by atoms with Crippen molar-refractivity contribution in [3.8, 4) is 12.3 Å². The fourth-order valence-electron chi connectivity index (χ4n) is 0.870. The monoisotopic (exact) mass is 185 g/mol. The Kier molecular flexibility index (Phi) is 7.71. The summed E-state index contributed by atoms with van der Waals surface area (Å²) < 4.78 is 10.6. The third kappa shape index (κ3) is 6.59. The van der Waals surface area contributed by atoms with Gasteiger partial charge in [-0.2, -0.15) is 0 Å². The first kappa shape index (κ1) is 12.4. The van der Waals surface area contributed by atoms with Crippen LogP contribution < -0.4 is 5.32 Å². The molecule has 0 spiro atoms. The number of nitrogens with one attached hydrogen (secondary N) is 1. The minimum atomic E-state index is -0.189. The van der Waals surface area contributed by atoms with Crippen molar-refractivity contribution in [3.05, 3.63) is 0 Å². The van der Waals surface area contributed by atoms with Gasteiger partial charge in [0.2, 0.25) is 0 Å². The molecule has 0 amide bonds. The van der Waals surface area contributed by atoms with E-state index in [1.807, 2.05) is 20.8 Å². The van der Waals surface area contributed by atoms with Crippen molar-refractivity contribution in [2.45, 2.75) is 33.1 Å². The van der Waals surface area contributed by atoms with E-state index < -0.39 is 0 Å². The third-order valence-corrected chi connectivity index (χ3v) is 1.55. The molecule has 0 aliphatic heterocycles. The highest BCUT2D eigenvalue weighted by molar-refractivity contribution is 4.95. The Morgan fingerprint density at radius 3 is 2.23 bits per heavy atom. The minimum absolute atomic E-state index is 0.0587. The van der Waals surface area contributed by atoms with Crippen molar-refractivity contribution in [3.63, 3.8) is 0 Å².